The normalized spacial score (nSPS) is 19.2. The van der Waals surface area contributed by atoms with Gasteiger partial charge in [0.2, 0.25) is 5.91 Å². The minimum Gasteiger partial charge on any atom is -0.480 e. The Morgan fingerprint density at radius 3 is 1.85 bits per heavy atom. The molecule has 0 spiro atoms. The highest BCUT2D eigenvalue weighted by atomic mass is 19.4. The lowest BCUT2D eigenvalue weighted by Crippen LogP contribution is -2.53. The number of hydrogen-bond acceptors (Lipinski definition) is 3. The largest absolute Gasteiger partial charge is 0.480 e. The lowest BCUT2D eigenvalue weighted by atomic mass is 10.1. The SMILES string of the molecule is O=C(c1ccc(C(F)(F)F)cc1)N1CCN(C(=O)C2(C(=O)O)CC2)CC1. The van der Waals surface area contributed by atoms with Crippen molar-refractivity contribution >= 4 is 17.8 Å². The summed E-state index contributed by atoms with van der Waals surface area (Å²) in [5.41, 5.74) is -1.99. The van der Waals surface area contributed by atoms with E-state index in [1.54, 1.807) is 0 Å². The van der Waals surface area contributed by atoms with E-state index in [-0.39, 0.29) is 31.7 Å². The predicted octanol–water partition coefficient (Wildman–Crippen LogP) is 1.85. The third-order valence-electron chi connectivity index (χ3n) is 4.88. The zero-order chi connectivity index (χ0) is 19.1. The maximum absolute atomic E-state index is 12.6. The van der Waals surface area contributed by atoms with Gasteiger partial charge in [0.25, 0.3) is 5.91 Å². The lowest BCUT2D eigenvalue weighted by Gasteiger charge is -2.36. The van der Waals surface area contributed by atoms with E-state index in [4.69, 9.17) is 0 Å². The van der Waals surface area contributed by atoms with E-state index in [9.17, 15) is 32.7 Å². The molecule has 1 aliphatic carbocycles. The molecule has 140 valence electrons. The molecule has 26 heavy (non-hydrogen) atoms. The van der Waals surface area contributed by atoms with E-state index in [1.807, 2.05) is 0 Å². The molecule has 1 saturated carbocycles. The van der Waals surface area contributed by atoms with Gasteiger partial charge in [0.1, 0.15) is 5.41 Å². The van der Waals surface area contributed by atoms with Crippen molar-refractivity contribution in [2.24, 2.45) is 5.41 Å². The van der Waals surface area contributed by atoms with Crippen molar-refractivity contribution in [3.63, 3.8) is 0 Å². The number of benzene rings is 1. The second-order valence-corrected chi connectivity index (χ2v) is 6.55. The summed E-state index contributed by atoms with van der Waals surface area (Å²) in [6.07, 6.45) is -3.81. The average molecular weight is 370 g/mol. The van der Waals surface area contributed by atoms with Crippen molar-refractivity contribution in [2.45, 2.75) is 19.0 Å². The number of carboxylic acids is 1. The van der Waals surface area contributed by atoms with Gasteiger partial charge in [0.15, 0.2) is 0 Å². The molecule has 0 radical (unpaired) electrons. The smallest absolute Gasteiger partial charge is 0.416 e. The van der Waals surface area contributed by atoms with Crippen LogP contribution in [0.4, 0.5) is 13.2 Å². The van der Waals surface area contributed by atoms with Crippen LogP contribution in [0.25, 0.3) is 0 Å². The van der Waals surface area contributed by atoms with E-state index in [1.165, 1.54) is 9.80 Å². The second-order valence-electron chi connectivity index (χ2n) is 6.55. The molecule has 2 amide bonds. The minimum absolute atomic E-state index is 0.141. The van der Waals surface area contributed by atoms with Crippen LogP contribution in [0.3, 0.4) is 0 Å². The molecule has 1 aromatic carbocycles. The summed E-state index contributed by atoms with van der Waals surface area (Å²) in [5, 5.41) is 9.18. The van der Waals surface area contributed by atoms with Gasteiger partial charge in [0.05, 0.1) is 5.56 Å². The Hall–Kier alpha value is -2.58. The number of carbonyl (C=O) groups is 3. The molecule has 1 aliphatic heterocycles. The molecule has 3 rings (SSSR count). The molecule has 1 heterocycles. The van der Waals surface area contributed by atoms with Crippen molar-refractivity contribution in [2.75, 3.05) is 26.2 Å². The molecule has 9 heteroatoms. The van der Waals surface area contributed by atoms with Crippen molar-refractivity contribution in [1.82, 2.24) is 9.80 Å². The Morgan fingerprint density at radius 1 is 0.923 bits per heavy atom. The second kappa shape index (κ2) is 6.30. The van der Waals surface area contributed by atoms with Gasteiger partial charge in [-0.3, -0.25) is 14.4 Å². The first-order valence-electron chi connectivity index (χ1n) is 8.14. The maximum Gasteiger partial charge on any atom is 0.416 e. The molecular formula is C17H17F3N2O4. The molecule has 0 aromatic heterocycles. The fourth-order valence-corrected chi connectivity index (χ4v) is 3.04. The maximum atomic E-state index is 12.6. The van der Waals surface area contributed by atoms with E-state index >= 15 is 0 Å². The molecule has 1 saturated heterocycles. The topological polar surface area (TPSA) is 77.9 Å². The van der Waals surface area contributed by atoms with Crippen LogP contribution in [-0.4, -0.2) is 58.9 Å². The van der Waals surface area contributed by atoms with Crippen LogP contribution in [-0.2, 0) is 15.8 Å². The first kappa shape index (κ1) is 18.2. The zero-order valence-electron chi connectivity index (χ0n) is 13.8. The van der Waals surface area contributed by atoms with Gasteiger partial charge in [-0.15, -0.1) is 0 Å². The lowest BCUT2D eigenvalue weighted by molar-refractivity contribution is -0.154. The first-order chi connectivity index (χ1) is 12.1. The Bertz CT molecular complexity index is 733. The Morgan fingerprint density at radius 2 is 1.42 bits per heavy atom. The molecule has 1 aromatic rings. The summed E-state index contributed by atoms with van der Waals surface area (Å²) >= 11 is 0. The molecule has 0 atom stereocenters. The fraction of sp³-hybridized carbons (Fsp3) is 0.471. The number of carbonyl (C=O) groups excluding carboxylic acids is 2. The summed E-state index contributed by atoms with van der Waals surface area (Å²) in [6, 6.07) is 3.98. The average Bonchev–Trinajstić information content (AvgIpc) is 3.42. The van der Waals surface area contributed by atoms with Crippen LogP contribution in [0.1, 0.15) is 28.8 Å². The third-order valence-corrected chi connectivity index (χ3v) is 4.88. The Labute approximate surface area is 147 Å². The quantitative estimate of drug-likeness (QED) is 0.824. The Balaban J connectivity index is 1.60. The summed E-state index contributed by atoms with van der Waals surface area (Å²) in [6.45, 7) is 0.836. The summed E-state index contributed by atoms with van der Waals surface area (Å²) in [7, 11) is 0. The van der Waals surface area contributed by atoms with E-state index in [0.29, 0.717) is 12.8 Å². The minimum atomic E-state index is -4.46. The zero-order valence-corrected chi connectivity index (χ0v) is 13.8. The van der Waals surface area contributed by atoms with Crippen LogP contribution >= 0.6 is 0 Å². The highest BCUT2D eigenvalue weighted by Gasteiger charge is 2.58. The van der Waals surface area contributed by atoms with Crippen molar-refractivity contribution in [3.8, 4) is 0 Å². The number of carboxylic acid groups (broad SMARTS) is 1. The molecule has 1 N–H and O–H groups in total. The van der Waals surface area contributed by atoms with Crippen LogP contribution in [0.15, 0.2) is 24.3 Å². The van der Waals surface area contributed by atoms with Crippen LogP contribution in [0, 0.1) is 5.41 Å². The van der Waals surface area contributed by atoms with E-state index < -0.39 is 34.9 Å². The summed E-state index contributed by atoms with van der Waals surface area (Å²) in [4.78, 5) is 38.9. The number of nitrogens with zero attached hydrogens (tertiary/aromatic N) is 2. The number of hydrogen-bond donors (Lipinski definition) is 1. The van der Waals surface area contributed by atoms with Gasteiger partial charge in [0, 0.05) is 31.7 Å². The van der Waals surface area contributed by atoms with Gasteiger partial charge in [-0.25, -0.2) is 0 Å². The standard InChI is InChI=1S/C17H17F3N2O4/c18-17(19,20)12-3-1-11(2-4-12)13(23)21-7-9-22(10-8-21)14(24)16(5-6-16)15(25)26/h1-4H,5-10H2,(H,25,26). The molecule has 0 bridgehead atoms. The van der Waals surface area contributed by atoms with Crippen molar-refractivity contribution in [1.29, 1.82) is 0 Å². The van der Waals surface area contributed by atoms with Crippen LogP contribution < -0.4 is 0 Å². The van der Waals surface area contributed by atoms with Gasteiger partial charge >= 0.3 is 12.1 Å². The Kier molecular flexibility index (Phi) is 4.41. The highest BCUT2D eigenvalue weighted by molar-refractivity contribution is 6.05. The number of rotatable bonds is 3. The number of aliphatic carboxylic acids is 1. The van der Waals surface area contributed by atoms with Crippen LogP contribution in [0.5, 0.6) is 0 Å². The van der Waals surface area contributed by atoms with Gasteiger partial charge < -0.3 is 14.9 Å². The summed E-state index contributed by atoms with van der Waals surface area (Å²) in [5.74, 6) is -1.96. The first-order valence-corrected chi connectivity index (χ1v) is 8.14. The molecule has 0 unspecified atom stereocenters. The number of amides is 2. The third kappa shape index (κ3) is 3.25. The number of halogens is 3. The van der Waals surface area contributed by atoms with Gasteiger partial charge in [-0.1, -0.05) is 0 Å². The molecule has 2 fully saturated rings. The molecule has 6 nitrogen and oxygen atoms in total. The highest BCUT2D eigenvalue weighted by Crippen LogP contribution is 2.47. The molecular weight excluding hydrogens is 353 g/mol. The van der Waals surface area contributed by atoms with Crippen LogP contribution in [0.2, 0.25) is 0 Å². The van der Waals surface area contributed by atoms with E-state index in [2.05, 4.69) is 0 Å². The fourth-order valence-electron chi connectivity index (χ4n) is 3.04. The monoisotopic (exact) mass is 370 g/mol. The molecule has 2 aliphatic rings. The predicted molar refractivity (Wildman–Crippen MR) is 83.2 cm³/mol. The number of piperazine rings is 1. The van der Waals surface area contributed by atoms with Crippen molar-refractivity contribution in [3.05, 3.63) is 35.4 Å². The van der Waals surface area contributed by atoms with Gasteiger partial charge in [-0.05, 0) is 37.1 Å². The summed E-state index contributed by atoms with van der Waals surface area (Å²) < 4.78 is 37.7. The number of alkyl halides is 3. The van der Waals surface area contributed by atoms with Gasteiger partial charge in [-0.2, -0.15) is 13.2 Å². The van der Waals surface area contributed by atoms with Crippen molar-refractivity contribution < 1.29 is 32.7 Å². The van der Waals surface area contributed by atoms with E-state index in [0.717, 1.165) is 24.3 Å².